The molecule has 3 aromatic rings. The molecular weight excluding hydrogens is 393 g/mol. The minimum atomic E-state index is -0.509. The van der Waals surface area contributed by atoms with Crippen LogP contribution in [0, 0.1) is 5.82 Å². The van der Waals surface area contributed by atoms with Crippen LogP contribution in [0.25, 0.3) is 16.7 Å². The quantitative estimate of drug-likeness (QED) is 0.452. The number of fused-ring (bicyclic) bond motifs is 1. The molecule has 6 nitrogen and oxygen atoms in total. The standard InChI is InChI=1S/C21H22FN3O3S/c1-4-19(20(27)28-5-2)29-21-24-16-8-6-7-9-18(16)25(21)17-11-10-14(12-15(17)22)23-13(3)26/h6-12,19H,4-5H2,1-3H3,(H,23,26). The van der Waals surface area contributed by atoms with Crippen LogP contribution in [0.4, 0.5) is 10.1 Å². The van der Waals surface area contributed by atoms with Crippen molar-refractivity contribution in [3.05, 3.63) is 48.3 Å². The molecule has 1 unspecified atom stereocenters. The Balaban J connectivity index is 2.08. The summed E-state index contributed by atoms with van der Waals surface area (Å²) in [6.07, 6.45) is 0.552. The number of aromatic nitrogens is 2. The Morgan fingerprint density at radius 1 is 1.24 bits per heavy atom. The summed E-state index contributed by atoms with van der Waals surface area (Å²) in [6, 6.07) is 11.9. The fourth-order valence-corrected chi connectivity index (χ4v) is 3.98. The highest BCUT2D eigenvalue weighted by Gasteiger charge is 2.24. The van der Waals surface area contributed by atoms with Gasteiger partial charge in [0.15, 0.2) is 5.16 Å². The number of amides is 1. The average molecular weight is 415 g/mol. The van der Waals surface area contributed by atoms with Crippen molar-refractivity contribution in [3.63, 3.8) is 0 Å². The maximum Gasteiger partial charge on any atom is 0.319 e. The number of hydrogen-bond donors (Lipinski definition) is 1. The first kappa shape index (κ1) is 20.9. The second-order valence-corrected chi connectivity index (χ2v) is 7.50. The highest BCUT2D eigenvalue weighted by Crippen LogP contribution is 2.33. The third-order valence-corrected chi connectivity index (χ3v) is 5.50. The number of thioether (sulfide) groups is 1. The number of halogens is 1. The number of para-hydroxylation sites is 2. The van der Waals surface area contributed by atoms with Gasteiger partial charge in [-0.3, -0.25) is 14.2 Å². The molecule has 8 heteroatoms. The molecule has 1 heterocycles. The van der Waals surface area contributed by atoms with Crippen LogP contribution in [0.2, 0.25) is 0 Å². The van der Waals surface area contributed by atoms with Gasteiger partial charge in [0.05, 0.1) is 23.3 Å². The first-order chi connectivity index (χ1) is 13.9. The van der Waals surface area contributed by atoms with Crippen LogP contribution < -0.4 is 5.32 Å². The van der Waals surface area contributed by atoms with Gasteiger partial charge in [-0.05, 0) is 43.7 Å². The number of benzene rings is 2. The predicted octanol–water partition coefficient (Wildman–Crippen LogP) is 4.56. The number of anilines is 1. The Morgan fingerprint density at radius 2 is 2.00 bits per heavy atom. The van der Waals surface area contributed by atoms with Gasteiger partial charge in [-0.1, -0.05) is 30.8 Å². The summed E-state index contributed by atoms with van der Waals surface area (Å²) in [7, 11) is 0. The summed E-state index contributed by atoms with van der Waals surface area (Å²) < 4.78 is 21.8. The first-order valence-electron chi connectivity index (χ1n) is 9.32. The lowest BCUT2D eigenvalue weighted by Gasteiger charge is -2.15. The second kappa shape index (κ2) is 9.09. The second-order valence-electron chi connectivity index (χ2n) is 6.33. The number of nitrogens with zero attached hydrogens (tertiary/aromatic N) is 2. The largest absolute Gasteiger partial charge is 0.465 e. The zero-order valence-electron chi connectivity index (χ0n) is 16.4. The summed E-state index contributed by atoms with van der Waals surface area (Å²) in [5.74, 6) is -1.10. The van der Waals surface area contributed by atoms with Crippen molar-refractivity contribution in [2.24, 2.45) is 0 Å². The number of imidazole rings is 1. The van der Waals surface area contributed by atoms with Crippen molar-refractivity contribution in [2.75, 3.05) is 11.9 Å². The van der Waals surface area contributed by atoms with E-state index in [1.165, 1.54) is 24.8 Å². The number of esters is 1. The van der Waals surface area contributed by atoms with Crippen LogP contribution >= 0.6 is 11.8 Å². The monoisotopic (exact) mass is 415 g/mol. The summed E-state index contributed by atoms with van der Waals surface area (Å²) in [4.78, 5) is 28.1. The molecule has 0 fully saturated rings. The predicted molar refractivity (Wildman–Crippen MR) is 112 cm³/mol. The number of hydrogen-bond acceptors (Lipinski definition) is 5. The molecule has 0 aliphatic rings. The van der Waals surface area contributed by atoms with E-state index in [0.717, 1.165) is 5.52 Å². The minimum absolute atomic E-state index is 0.276. The Morgan fingerprint density at radius 3 is 2.66 bits per heavy atom. The van der Waals surface area contributed by atoms with Gasteiger partial charge >= 0.3 is 5.97 Å². The number of carbonyl (C=O) groups is 2. The smallest absolute Gasteiger partial charge is 0.319 e. The minimum Gasteiger partial charge on any atom is -0.465 e. The van der Waals surface area contributed by atoms with Crippen molar-refractivity contribution >= 4 is 40.4 Å². The normalized spacial score (nSPS) is 12.0. The lowest BCUT2D eigenvalue weighted by Crippen LogP contribution is -2.20. The molecule has 1 N–H and O–H groups in total. The topological polar surface area (TPSA) is 73.2 Å². The number of rotatable bonds is 7. The van der Waals surface area contributed by atoms with Gasteiger partial charge in [0.2, 0.25) is 5.91 Å². The lowest BCUT2D eigenvalue weighted by atomic mass is 10.2. The van der Waals surface area contributed by atoms with E-state index >= 15 is 0 Å². The molecule has 0 aliphatic heterocycles. The Labute approximate surface area is 172 Å². The summed E-state index contributed by atoms with van der Waals surface area (Å²) in [5.41, 5.74) is 2.07. The van der Waals surface area contributed by atoms with E-state index in [4.69, 9.17) is 4.74 Å². The van der Waals surface area contributed by atoms with Crippen molar-refractivity contribution < 1.29 is 18.7 Å². The molecule has 0 saturated heterocycles. The summed E-state index contributed by atoms with van der Waals surface area (Å²) >= 11 is 1.25. The third kappa shape index (κ3) is 4.59. The van der Waals surface area contributed by atoms with E-state index in [-0.39, 0.29) is 17.6 Å². The SMILES string of the molecule is CCOC(=O)C(CC)Sc1nc2ccccc2n1-c1ccc(NC(C)=O)cc1F. The summed E-state index contributed by atoms with van der Waals surface area (Å²) in [5, 5.41) is 2.62. The molecule has 0 aliphatic carbocycles. The molecule has 0 bridgehead atoms. The van der Waals surface area contributed by atoms with Crippen LogP contribution in [0.1, 0.15) is 27.2 Å². The fraction of sp³-hybridized carbons (Fsp3) is 0.286. The molecular formula is C21H22FN3O3S. The maximum absolute atomic E-state index is 15.0. The zero-order chi connectivity index (χ0) is 21.0. The highest BCUT2D eigenvalue weighted by atomic mass is 32.2. The molecule has 1 atom stereocenters. The van der Waals surface area contributed by atoms with Gasteiger partial charge in [-0.25, -0.2) is 9.37 Å². The van der Waals surface area contributed by atoms with Gasteiger partial charge in [0.1, 0.15) is 11.1 Å². The molecule has 0 spiro atoms. The van der Waals surface area contributed by atoms with Crippen molar-refractivity contribution in [1.82, 2.24) is 9.55 Å². The Bertz CT molecular complexity index is 1050. The van der Waals surface area contributed by atoms with E-state index in [0.29, 0.717) is 29.4 Å². The molecule has 2 aromatic carbocycles. The zero-order valence-corrected chi connectivity index (χ0v) is 17.3. The Hall–Kier alpha value is -2.87. The van der Waals surface area contributed by atoms with E-state index in [1.54, 1.807) is 23.6 Å². The van der Waals surface area contributed by atoms with Crippen LogP contribution in [-0.4, -0.2) is 33.3 Å². The average Bonchev–Trinajstić information content (AvgIpc) is 3.04. The first-order valence-corrected chi connectivity index (χ1v) is 10.2. The number of carbonyl (C=O) groups excluding carboxylic acids is 2. The van der Waals surface area contributed by atoms with E-state index < -0.39 is 11.1 Å². The molecule has 0 saturated carbocycles. The third-order valence-electron chi connectivity index (χ3n) is 4.21. The van der Waals surface area contributed by atoms with Crippen LogP contribution in [0.5, 0.6) is 0 Å². The van der Waals surface area contributed by atoms with E-state index in [2.05, 4.69) is 10.3 Å². The van der Waals surface area contributed by atoms with Crippen molar-refractivity contribution in [3.8, 4) is 5.69 Å². The van der Waals surface area contributed by atoms with Gasteiger partial charge in [-0.15, -0.1) is 0 Å². The van der Waals surface area contributed by atoms with Gasteiger partial charge in [-0.2, -0.15) is 0 Å². The fourth-order valence-electron chi connectivity index (χ4n) is 2.95. The van der Waals surface area contributed by atoms with Gasteiger partial charge < -0.3 is 10.1 Å². The molecule has 29 heavy (non-hydrogen) atoms. The maximum atomic E-state index is 15.0. The Kier molecular flexibility index (Phi) is 6.53. The van der Waals surface area contributed by atoms with Gasteiger partial charge in [0.25, 0.3) is 0 Å². The summed E-state index contributed by atoms with van der Waals surface area (Å²) in [6.45, 7) is 5.32. The van der Waals surface area contributed by atoms with Crippen LogP contribution in [-0.2, 0) is 14.3 Å². The van der Waals surface area contributed by atoms with Crippen molar-refractivity contribution in [2.45, 2.75) is 37.6 Å². The highest BCUT2D eigenvalue weighted by molar-refractivity contribution is 8.00. The molecule has 152 valence electrons. The van der Waals surface area contributed by atoms with Gasteiger partial charge in [0, 0.05) is 12.6 Å². The molecule has 3 rings (SSSR count). The van der Waals surface area contributed by atoms with Crippen LogP contribution in [0.3, 0.4) is 0 Å². The van der Waals surface area contributed by atoms with E-state index in [9.17, 15) is 14.0 Å². The van der Waals surface area contributed by atoms with Crippen molar-refractivity contribution in [1.29, 1.82) is 0 Å². The molecule has 1 amide bonds. The molecule has 0 radical (unpaired) electrons. The number of nitrogens with one attached hydrogen (secondary N) is 1. The van der Waals surface area contributed by atoms with E-state index in [1.807, 2.05) is 31.2 Å². The molecule has 1 aromatic heterocycles. The lowest BCUT2D eigenvalue weighted by molar-refractivity contribution is -0.142. The van der Waals surface area contributed by atoms with Crippen LogP contribution in [0.15, 0.2) is 47.6 Å². The number of ether oxygens (including phenoxy) is 1.